The zero-order valence-corrected chi connectivity index (χ0v) is 9.79. The Kier molecular flexibility index (Phi) is 5.65. The van der Waals surface area contributed by atoms with Crippen molar-refractivity contribution >= 4 is 5.97 Å². The molecule has 1 saturated heterocycles. The van der Waals surface area contributed by atoms with Crippen molar-refractivity contribution in [3.8, 4) is 0 Å². The van der Waals surface area contributed by atoms with E-state index in [9.17, 15) is 4.79 Å². The second kappa shape index (κ2) is 6.80. The Balaban J connectivity index is 2.23. The van der Waals surface area contributed by atoms with Gasteiger partial charge in [0, 0.05) is 19.1 Å². The first kappa shape index (κ1) is 12.5. The first-order valence-electron chi connectivity index (χ1n) is 5.88. The predicted molar refractivity (Wildman–Crippen MR) is 59.8 cm³/mol. The number of rotatable bonds is 6. The number of hydrogen-bond acceptors (Lipinski definition) is 4. The van der Waals surface area contributed by atoms with Crippen LogP contribution in [-0.4, -0.2) is 49.7 Å². The fourth-order valence-electron chi connectivity index (χ4n) is 2.02. The lowest BCUT2D eigenvalue weighted by atomic mass is 10.2. The van der Waals surface area contributed by atoms with Crippen LogP contribution in [0.25, 0.3) is 0 Å². The van der Waals surface area contributed by atoms with Gasteiger partial charge in [-0.1, -0.05) is 6.92 Å². The Hall–Kier alpha value is -0.610. The Morgan fingerprint density at radius 2 is 2.33 bits per heavy atom. The molecule has 0 aromatic carbocycles. The van der Waals surface area contributed by atoms with Gasteiger partial charge in [-0.2, -0.15) is 0 Å². The molecular weight excluding hydrogens is 192 g/mol. The first-order valence-corrected chi connectivity index (χ1v) is 5.88. The van der Waals surface area contributed by atoms with Crippen molar-refractivity contribution in [1.82, 2.24) is 10.2 Å². The van der Waals surface area contributed by atoms with Crippen LogP contribution in [0.1, 0.15) is 26.7 Å². The molecule has 0 amide bonds. The molecule has 0 saturated carbocycles. The highest BCUT2D eigenvalue weighted by Gasteiger charge is 2.21. The summed E-state index contributed by atoms with van der Waals surface area (Å²) in [5.41, 5.74) is 0. The lowest BCUT2D eigenvalue weighted by Gasteiger charge is -2.26. The SMILES string of the molecule is CCOC(=O)CCN(CC)C1CCNC1. The molecule has 1 fully saturated rings. The summed E-state index contributed by atoms with van der Waals surface area (Å²) in [6.07, 6.45) is 1.70. The molecule has 88 valence electrons. The van der Waals surface area contributed by atoms with E-state index >= 15 is 0 Å². The molecule has 1 heterocycles. The molecule has 1 N–H and O–H groups in total. The smallest absolute Gasteiger partial charge is 0.307 e. The lowest BCUT2D eigenvalue weighted by Crippen LogP contribution is -2.38. The van der Waals surface area contributed by atoms with Crippen LogP contribution in [0.4, 0.5) is 0 Å². The second-order valence-corrected chi connectivity index (χ2v) is 3.83. The summed E-state index contributed by atoms with van der Waals surface area (Å²) in [5.74, 6) is -0.0816. The standard InChI is InChI=1S/C11H22N2O2/c1-3-13(10-5-7-12-9-10)8-6-11(14)15-4-2/h10,12H,3-9H2,1-2H3. The van der Waals surface area contributed by atoms with E-state index in [0.29, 0.717) is 19.1 Å². The Morgan fingerprint density at radius 1 is 1.53 bits per heavy atom. The minimum Gasteiger partial charge on any atom is -0.466 e. The van der Waals surface area contributed by atoms with E-state index in [4.69, 9.17) is 4.74 Å². The molecule has 4 nitrogen and oxygen atoms in total. The molecule has 1 rings (SSSR count). The monoisotopic (exact) mass is 214 g/mol. The molecule has 0 bridgehead atoms. The number of carbonyl (C=O) groups excluding carboxylic acids is 1. The van der Waals surface area contributed by atoms with Gasteiger partial charge in [0.05, 0.1) is 13.0 Å². The van der Waals surface area contributed by atoms with Crippen molar-refractivity contribution in [2.45, 2.75) is 32.7 Å². The van der Waals surface area contributed by atoms with Gasteiger partial charge in [-0.15, -0.1) is 0 Å². The molecule has 1 unspecified atom stereocenters. The van der Waals surface area contributed by atoms with Crippen molar-refractivity contribution in [3.05, 3.63) is 0 Å². The molecule has 0 aliphatic carbocycles. The van der Waals surface area contributed by atoms with Crippen LogP contribution in [0.15, 0.2) is 0 Å². The van der Waals surface area contributed by atoms with Crippen LogP contribution in [0, 0.1) is 0 Å². The van der Waals surface area contributed by atoms with Crippen LogP contribution in [0.3, 0.4) is 0 Å². The summed E-state index contributed by atoms with van der Waals surface area (Å²) in [6, 6.07) is 0.601. The van der Waals surface area contributed by atoms with E-state index in [1.807, 2.05) is 6.92 Å². The van der Waals surface area contributed by atoms with Gasteiger partial charge in [-0.05, 0) is 26.4 Å². The zero-order chi connectivity index (χ0) is 11.1. The molecule has 0 radical (unpaired) electrons. The summed E-state index contributed by atoms with van der Waals surface area (Å²) in [7, 11) is 0. The van der Waals surface area contributed by atoms with Crippen molar-refractivity contribution in [2.75, 3.05) is 32.8 Å². The van der Waals surface area contributed by atoms with Crippen LogP contribution in [-0.2, 0) is 9.53 Å². The largest absolute Gasteiger partial charge is 0.466 e. The maximum Gasteiger partial charge on any atom is 0.307 e. The third-order valence-corrected chi connectivity index (χ3v) is 2.87. The zero-order valence-electron chi connectivity index (χ0n) is 9.79. The molecule has 0 spiro atoms. The summed E-state index contributed by atoms with van der Waals surface area (Å²) in [4.78, 5) is 13.6. The Morgan fingerprint density at radius 3 is 2.87 bits per heavy atom. The quantitative estimate of drug-likeness (QED) is 0.658. The van der Waals surface area contributed by atoms with E-state index in [0.717, 1.165) is 26.2 Å². The first-order chi connectivity index (χ1) is 7.27. The Bertz CT molecular complexity index is 191. The molecule has 1 aliphatic heterocycles. The van der Waals surface area contributed by atoms with Gasteiger partial charge in [0.1, 0.15) is 0 Å². The molecule has 1 atom stereocenters. The third-order valence-electron chi connectivity index (χ3n) is 2.87. The molecule has 1 aliphatic rings. The minimum absolute atomic E-state index is 0.0816. The van der Waals surface area contributed by atoms with Crippen LogP contribution in [0.5, 0.6) is 0 Å². The number of nitrogens with one attached hydrogen (secondary N) is 1. The highest BCUT2D eigenvalue weighted by atomic mass is 16.5. The highest BCUT2D eigenvalue weighted by Crippen LogP contribution is 2.08. The summed E-state index contributed by atoms with van der Waals surface area (Å²) in [6.45, 7) is 8.44. The topological polar surface area (TPSA) is 41.6 Å². The van der Waals surface area contributed by atoms with Crippen LogP contribution in [0.2, 0.25) is 0 Å². The number of carbonyl (C=O) groups is 1. The summed E-state index contributed by atoms with van der Waals surface area (Å²) in [5, 5.41) is 3.34. The molecular formula is C11H22N2O2. The number of esters is 1. The maximum atomic E-state index is 11.2. The predicted octanol–water partition coefficient (Wildman–Crippen LogP) is 0.623. The van der Waals surface area contributed by atoms with E-state index in [2.05, 4.69) is 17.1 Å². The summed E-state index contributed by atoms with van der Waals surface area (Å²) >= 11 is 0. The third kappa shape index (κ3) is 4.18. The number of likely N-dealkylation sites (N-methyl/N-ethyl adjacent to an activating group) is 1. The van der Waals surface area contributed by atoms with Gasteiger partial charge in [0.25, 0.3) is 0 Å². The van der Waals surface area contributed by atoms with E-state index in [-0.39, 0.29) is 5.97 Å². The fraction of sp³-hybridized carbons (Fsp3) is 0.909. The number of ether oxygens (including phenoxy) is 1. The van der Waals surface area contributed by atoms with E-state index in [1.54, 1.807) is 0 Å². The van der Waals surface area contributed by atoms with Gasteiger partial charge in [0.2, 0.25) is 0 Å². The second-order valence-electron chi connectivity index (χ2n) is 3.83. The van der Waals surface area contributed by atoms with Crippen molar-refractivity contribution in [3.63, 3.8) is 0 Å². The van der Waals surface area contributed by atoms with Gasteiger partial charge in [-0.3, -0.25) is 9.69 Å². The number of hydrogen-bond donors (Lipinski definition) is 1. The van der Waals surface area contributed by atoms with Crippen molar-refractivity contribution < 1.29 is 9.53 Å². The van der Waals surface area contributed by atoms with Gasteiger partial charge < -0.3 is 10.1 Å². The average molecular weight is 214 g/mol. The Labute approximate surface area is 92.0 Å². The van der Waals surface area contributed by atoms with Crippen LogP contribution < -0.4 is 5.32 Å². The number of nitrogens with zero attached hydrogens (tertiary/aromatic N) is 1. The van der Waals surface area contributed by atoms with Crippen molar-refractivity contribution in [1.29, 1.82) is 0 Å². The normalized spacial score (nSPS) is 20.9. The van der Waals surface area contributed by atoms with Crippen molar-refractivity contribution in [2.24, 2.45) is 0 Å². The molecule has 4 heteroatoms. The maximum absolute atomic E-state index is 11.2. The van der Waals surface area contributed by atoms with Gasteiger partial charge >= 0.3 is 5.97 Å². The van der Waals surface area contributed by atoms with Crippen LogP contribution >= 0.6 is 0 Å². The highest BCUT2D eigenvalue weighted by molar-refractivity contribution is 5.69. The van der Waals surface area contributed by atoms with E-state index < -0.39 is 0 Å². The molecule has 0 aromatic heterocycles. The fourth-order valence-corrected chi connectivity index (χ4v) is 2.02. The van der Waals surface area contributed by atoms with E-state index in [1.165, 1.54) is 6.42 Å². The minimum atomic E-state index is -0.0816. The summed E-state index contributed by atoms with van der Waals surface area (Å²) < 4.78 is 4.92. The van der Waals surface area contributed by atoms with Gasteiger partial charge in [0.15, 0.2) is 0 Å². The molecule has 0 aromatic rings. The average Bonchev–Trinajstić information content (AvgIpc) is 2.72. The molecule has 15 heavy (non-hydrogen) atoms. The van der Waals surface area contributed by atoms with Gasteiger partial charge in [-0.25, -0.2) is 0 Å². The lowest BCUT2D eigenvalue weighted by molar-refractivity contribution is -0.143.